The molecule has 142 valence electrons. The molecule has 0 aliphatic carbocycles. The van der Waals surface area contributed by atoms with Crippen LogP contribution in [0.15, 0.2) is 18.2 Å². The Bertz CT molecular complexity index is 645. The van der Waals surface area contributed by atoms with Gasteiger partial charge in [-0.3, -0.25) is 4.90 Å². The number of hydrogen-bond acceptors (Lipinski definition) is 6. The van der Waals surface area contributed by atoms with Gasteiger partial charge < -0.3 is 14.6 Å². The summed E-state index contributed by atoms with van der Waals surface area (Å²) in [5.41, 5.74) is 1.05. The molecular weight excluding hydrogens is 342 g/mol. The van der Waals surface area contributed by atoms with Gasteiger partial charge in [-0.05, 0) is 44.4 Å². The van der Waals surface area contributed by atoms with Crippen molar-refractivity contribution >= 4 is 9.84 Å². The Morgan fingerprint density at radius 3 is 2.52 bits per heavy atom. The lowest BCUT2D eigenvalue weighted by molar-refractivity contribution is 0.0878. The van der Waals surface area contributed by atoms with Gasteiger partial charge in [0.05, 0.1) is 31.3 Å². The maximum atomic E-state index is 11.7. The lowest BCUT2D eigenvalue weighted by Gasteiger charge is -2.35. The smallest absolute Gasteiger partial charge is 0.161 e. The minimum Gasteiger partial charge on any atom is -0.493 e. The van der Waals surface area contributed by atoms with Gasteiger partial charge in [-0.15, -0.1) is 0 Å². The maximum absolute atomic E-state index is 11.7. The van der Waals surface area contributed by atoms with Crippen LogP contribution in [-0.2, 0) is 16.4 Å². The molecule has 6 nitrogen and oxygen atoms in total. The fourth-order valence-electron chi connectivity index (χ4n) is 3.24. The number of sulfone groups is 1. The Labute approximate surface area is 150 Å². The summed E-state index contributed by atoms with van der Waals surface area (Å²) in [6, 6.07) is 5.99. The molecule has 0 saturated carbocycles. The van der Waals surface area contributed by atoms with Crippen molar-refractivity contribution in [2.75, 3.05) is 31.8 Å². The van der Waals surface area contributed by atoms with E-state index in [9.17, 15) is 13.5 Å². The summed E-state index contributed by atoms with van der Waals surface area (Å²) in [7, 11) is -1.29. The van der Waals surface area contributed by atoms with Crippen molar-refractivity contribution in [3.05, 3.63) is 23.8 Å². The molecule has 1 heterocycles. The molecule has 1 aliphatic heterocycles. The third-order valence-corrected chi connectivity index (χ3v) is 6.17. The minimum absolute atomic E-state index is 0.163. The summed E-state index contributed by atoms with van der Waals surface area (Å²) < 4.78 is 34.3. The molecule has 0 spiro atoms. The predicted octanol–water partition coefficient (Wildman–Crippen LogP) is 1.85. The first-order chi connectivity index (χ1) is 11.8. The van der Waals surface area contributed by atoms with Gasteiger partial charge in [0.15, 0.2) is 11.5 Å². The van der Waals surface area contributed by atoms with Crippen LogP contribution in [-0.4, -0.2) is 62.3 Å². The highest BCUT2D eigenvalue weighted by atomic mass is 32.2. The summed E-state index contributed by atoms with van der Waals surface area (Å²) in [6.45, 7) is 5.40. The van der Waals surface area contributed by atoms with E-state index in [-0.39, 0.29) is 17.5 Å². The molecule has 1 aromatic carbocycles. The van der Waals surface area contributed by atoms with Gasteiger partial charge in [0, 0.05) is 19.1 Å². The number of methoxy groups -OCH3 is 1. The first-order valence-electron chi connectivity index (χ1n) is 8.77. The molecule has 0 radical (unpaired) electrons. The molecular formula is C18H29NO5S. The Kier molecular flexibility index (Phi) is 7.10. The lowest BCUT2D eigenvalue weighted by Crippen LogP contribution is -2.43. The van der Waals surface area contributed by atoms with Crippen LogP contribution < -0.4 is 9.47 Å². The number of nitrogens with zero attached hydrogens (tertiary/aromatic N) is 1. The second-order valence-electron chi connectivity index (χ2n) is 6.58. The van der Waals surface area contributed by atoms with Crippen molar-refractivity contribution < 1.29 is 23.0 Å². The van der Waals surface area contributed by atoms with E-state index in [0.717, 1.165) is 5.56 Å². The van der Waals surface area contributed by atoms with E-state index >= 15 is 0 Å². The van der Waals surface area contributed by atoms with Crippen LogP contribution in [0.25, 0.3) is 0 Å². The number of aliphatic hydroxyl groups is 1. The number of benzene rings is 1. The highest BCUT2D eigenvalue weighted by molar-refractivity contribution is 7.91. The van der Waals surface area contributed by atoms with Crippen LogP contribution in [0.4, 0.5) is 0 Å². The third kappa shape index (κ3) is 5.87. The molecule has 1 atom stereocenters. The van der Waals surface area contributed by atoms with E-state index in [1.165, 1.54) is 0 Å². The van der Waals surface area contributed by atoms with Crippen molar-refractivity contribution in [2.24, 2.45) is 0 Å². The molecule has 1 aliphatic rings. The van der Waals surface area contributed by atoms with Crippen molar-refractivity contribution in [3.8, 4) is 11.5 Å². The molecule has 1 N–H and O–H groups in total. The Balaban J connectivity index is 2.14. The van der Waals surface area contributed by atoms with E-state index < -0.39 is 15.9 Å². The van der Waals surface area contributed by atoms with E-state index in [0.29, 0.717) is 44.0 Å². The van der Waals surface area contributed by atoms with Crippen LogP contribution in [0.1, 0.15) is 32.3 Å². The van der Waals surface area contributed by atoms with Gasteiger partial charge in [0.2, 0.25) is 0 Å². The highest BCUT2D eigenvalue weighted by Crippen LogP contribution is 2.29. The Hall–Kier alpha value is -1.31. The SMILES string of the molecule is CCOc1ccc(CN(C[C@@H](C)O)C2CCS(=O)(=O)CC2)cc1OC. The number of aliphatic hydroxyl groups excluding tert-OH is 1. The fraction of sp³-hybridized carbons (Fsp3) is 0.667. The van der Waals surface area contributed by atoms with Crippen molar-refractivity contribution in [2.45, 2.75) is 45.4 Å². The van der Waals surface area contributed by atoms with E-state index in [2.05, 4.69) is 4.90 Å². The molecule has 1 fully saturated rings. The summed E-state index contributed by atoms with van der Waals surface area (Å²) in [6.07, 6.45) is 0.759. The number of rotatable bonds is 8. The number of ether oxygens (including phenoxy) is 2. The average Bonchev–Trinajstić information content (AvgIpc) is 2.55. The van der Waals surface area contributed by atoms with Gasteiger partial charge in [-0.1, -0.05) is 6.07 Å². The second kappa shape index (κ2) is 8.87. The first-order valence-corrected chi connectivity index (χ1v) is 10.6. The summed E-state index contributed by atoms with van der Waals surface area (Å²) in [5, 5.41) is 9.84. The van der Waals surface area contributed by atoms with Crippen LogP contribution in [0.3, 0.4) is 0 Å². The zero-order chi connectivity index (χ0) is 18.4. The zero-order valence-electron chi connectivity index (χ0n) is 15.3. The highest BCUT2D eigenvalue weighted by Gasteiger charge is 2.28. The fourth-order valence-corrected chi connectivity index (χ4v) is 4.71. The molecule has 25 heavy (non-hydrogen) atoms. The summed E-state index contributed by atoms with van der Waals surface area (Å²) in [4.78, 5) is 2.18. The topological polar surface area (TPSA) is 76.1 Å². The molecule has 0 bridgehead atoms. The van der Waals surface area contributed by atoms with Gasteiger partial charge >= 0.3 is 0 Å². The van der Waals surface area contributed by atoms with E-state index in [4.69, 9.17) is 9.47 Å². The summed E-state index contributed by atoms with van der Waals surface area (Å²) in [5.74, 6) is 1.84. The molecule has 1 saturated heterocycles. The molecule has 0 unspecified atom stereocenters. The van der Waals surface area contributed by atoms with E-state index in [1.807, 2.05) is 25.1 Å². The number of hydrogen-bond donors (Lipinski definition) is 1. The molecule has 0 amide bonds. The van der Waals surface area contributed by atoms with E-state index in [1.54, 1.807) is 14.0 Å². The summed E-state index contributed by atoms with van der Waals surface area (Å²) >= 11 is 0. The van der Waals surface area contributed by atoms with Gasteiger partial charge in [0.25, 0.3) is 0 Å². The normalized spacial score (nSPS) is 18.9. The minimum atomic E-state index is -2.90. The van der Waals surface area contributed by atoms with Crippen LogP contribution >= 0.6 is 0 Å². The predicted molar refractivity (Wildman–Crippen MR) is 97.9 cm³/mol. The maximum Gasteiger partial charge on any atom is 0.161 e. The second-order valence-corrected chi connectivity index (χ2v) is 8.88. The quantitative estimate of drug-likeness (QED) is 0.752. The van der Waals surface area contributed by atoms with Crippen LogP contribution in [0, 0.1) is 0 Å². The van der Waals surface area contributed by atoms with Crippen LogP contribution in [0.2, 0.25) is 0 Å². The van der Waals surface area contributed by atoms with Crippen LogP contribution in [0.5, 0.6) is 11.5 Å². The average molecular weight is 371 g/mol. The zero-order valence-corrected chi connectivity index (χ0v) is 16.1. The largest absolute Gasteiger partial charge is 0.493 e. The van der Waals surface area contributed by atoms with Gasteiger partial charge in [-0.25, -0.2) is 8.42 Å². The van der Waals surface area contributed by atoms with Crippen molar-refractivity contribution in [1.82, 2.24) is 4.90 Å². The Morgan fingerprint density at radius 1 is 1.28 bits per heavy atom. The van der Waals surface area contributed by atoms with Crippen molar-refractivity contribution in [3.63, 3.8) is 0 Å². The van der Waals surface area contributed by atoms with Gasteiger partial charge in [-0.2, -0.15) is 0 Å². The molecule has 1 aromatic rings. The lowest BCUT2D eigenvalue weighted by atomic mass is 10.1. The molecule has 2 rings (SSSR count). The monoisotopic (exact) mass is 371 g/mol. The molecule has 0 aromatic heterocycles. The molecule has 7 heteroatoms. The van der Waals surface area contributed by atoms with Crippen molar-refractivity contribution in [1.29, 1.82) is 0 Å². The van der Waals surface area contributed by atoms with Gasteiger partial charge in [0.1, 0.15) is 9.84 Å². The first kappa shape index (κ1) is 20.0. The third-order valence-electron chi connectivity index (χ3n) is 4.45. The Morgan fingerprint density at radius 2 is 1.96 bits per heavy atom. The standard InChI is InChI=1S/C18H29NO5S/c1-4-24-17-6-5-15(11-18(17)23-3)13-19(12-14(2)20)16-7-9-25(21,22)10-8-16/h5-6,11,14,16,20H,4,7-10,12-13H2,1-3H3/t14-/m1/s1.